The van der Waals surface area contributed by atoms with Crippen LogP contribution in [0, 0.1) is 13.8 Å². The molecule has 3 heterocycles. The van der Waals surface area contributed by atoms with Gasteiger partial charge in [-0.1, -0.05) is 13.8 Å². The Kier molecular flexibility index (Phi) is 6.78. The van der Waals surface area contributed by atoms with Gasteiger partial charge in [-0.05, 0) is 32.0 Å². The van der Waals surface area contributed by atoms with E-state index < -0.39 is 16.3 Å². The first-order chi connectivity index (χ1) is 13.8. The number of nitrogens with zero attached hydrogens (tertiary/aromatic N) is 5. The molecule has 29 heavy (non-hydrogen) atoms. The topological polar surface area (TPSA) is 101 Å². The average Bonchev–Trinajstić information content (AvgIpc) is 2.68. The number of pyridine rings is 1. The Morgan fingerprint density at radius 2 is 1.90 bits per heavy atom. The number of rotatable bonds is 7. The summed E-state index contributed by atoms with van der Waals surface area (Å²) in [7, 11) is -3.49. The van der Waals surface area contributed by atoms with Crippen molar-refractivity contribution in [2.75, 3.05) is 38.1 Å². The molecule has 0 bridgehead atoms. The predicted molar refractivity (Wildman–Crippen MR) is 111 cm³/mol. The molecule has 2 aromatic heterocycles. The SMILES string of the molecule is CCN(CC)S(=O)(=O)N1CCOC(c2ccc(Nc3nc(C)cc(C)n3)cn2)C1. The highest BCUT2D eigenvalue weighted by Gasteiger charge is 2.33. The summed E-state index contributed by atoms with van der Waals surface area (Å²) in [6, 6.07) is 5.61. The van der Waals surface area contributed by atoms with Gasteiger partial charge in [-0.2, -0.15) is 17.0 Å². The number of hydrogen-bond donors (Lipinski definition) is 1. The lowest BCUT2D eigenvalue weighted by Crippen LogP contribution is -2.49. The van der Waals surface area contributed by atoms with Gasteiger partial charge in [0.25, 0.3) is 10.2 Å². The summed E-state index contributed by atoms with van der Waals surface area (Å²) in [5, 5.41) is 3.14. The number of anilines is 2. The fourth-order valence-corrected chi connectivity index (χ4v) is 4.92. The van der Waals surface area contributed by atoms with Gasteiger partial charge in [-0.15, -0.1) is 0 Å². The second-order valence-corrected chi connectivity index (χ2v) is 8.81. The van der Waals surface area contributed by atoms with Crippen LogP contribution in [0.15, 0.2) is 24.4 Å². The zero-order valence-electron chi connectivity index (χ0n) is 17.3. The molecule has 0 saturated carbocycles. The molecule has 1 fully saturated rings. The van der Waals surface area contributed by atoms with E-state index >= 15 is 0 Å². The molecule has 9 nitrogen and oxygen atoms in total. The Labute approximate surface area is 172 Å². The summed E-state index contributed by atoms with van der Waals surface area (Å²) in [6.45, 7) is 9.33. The Morgan fingerprint density at radius 1 is 1.21 bits per heavy atom. The average molecular weight is 421 g/mol. The molecule has 10 heteroatoms. The minimum absolute atomic E-state index is 0.249. The van der Waals surface area contributed by atoms with E-state index in [1.54, 1.807) is 6.20 Å². The van der Waals surface area contributed by atoms with Gasteiger partial charge in [0.15, 0.2) is 0 Å². The summed E-state index contributed by atoms with van der Waals surface area (Å²) < 4.78 is 34.3. The van der Waals surface area contributed by atoms with Crippen molar-refractivity contribution in [1.82, 2.24) is 23.6 Å². The Bertz CT molecular complexity index is 911. The van der Waals surface area contributed by atoms with E-state index in [-0.39, 0.29) is 6.54 Å². The fourth-order valence-electron chi connectivity index (χ4n) is 3.31. The van der Waals surface area contributed by atoms with Gasteiger partial charge in [0.05, 0.1) is 24.2 Å². The van der Waals surface area contributed by atoms with Gasteiger partial charge in [0, 0.05) is 37.6 Å². The van der Waals surface area contributed by atoms with Gasteiger partial charge in [-0.3, -0.25) is 4.98 Å². The van der Waals surface area contributed by atoms with Crippen LogP contribution in [-0.2, 0) is 14.9 Å². The van der Waals surface area contributed by atoms with Gasteiger partial charge in [-0.25, -0.2) is 9.97 Å². The first kappa shape index (κ1) is 21.6. The van der Waals surface area contributed by atoms with Gasteiger partial charge in [0.2, 0.25) is 5.95 Å². The van der Waals surface area contributed by atoms with Crippen molar-refractivity contribution in [2.24, 2.45) is 0 Å². The maximum atomic E-state index is 12.8. The first-order valence-corrected chi connectivity index (χ1v) is 11.1. The zero-order chi connectivity index (χ0) is 21.0. The second-order valence-electron chi connectivity index (χ2n) is 6.88. The minimum Gasteiger partial charge on any atom is -0.369 e. The predicted octanol–water partition coefficient (Wildman–Crippen LogP) is 2.19. The van der Waals surface area contributed by atoms with Crippen LogP contribution in [0.25, 0.3) is 0 Å². The van der Waals surface area contributed by atoms with Crippen molar-refractivity contribution in [3.63, 3.8) is 0 Å². The lowest BCUT2D eigenvalue weighted by atomic mass is 10.2. The maximum absolute atomic E-state index is 12.8. The lowest BCUT2D eigenvalue weighted by molar-refractivity contribution is -0.00657. The molecule has 0 aliphatic carbocycles. The third-order valence-corrected chi connectivity index (χ3v) is 6.90. The summed E-state index contributed by atoms with van der Waals surface area (Å²) >= 11 is 0. The second kappa shape index (κ2) is 9.12. The van der Waals surface area contributed by atoms with E-state index in [4.69, 9.17) is 4.74 Å². The maximum Gasteiger partial charge on any atom is 0.282 e. The summed E-state index contributed by atoms with van der Waals surface area (Å²) in [4.78, 5) is 13.2. The van der Waals surface area contributed by atoms with E-state index in [0.717, 1.165) is 17.1 Å². The monoisotopic (exact) mass is 420 g/mol. The standard InChI is InChI=1S/C19H28N6O3S/c1-5-24(6-2)29(26,27)25-9-10-28-18(13-25)17-8-7-16(12-20-17)23-19-21-14(3)11-15(4)22-19/h7-8,11-12,18H,5-6,9-10,13H2,1-4H3,(H,21,22,23). The number of aryl methyl sites for hydroxylation is 2. The molecule has 2 aromatic rings. The highest BCUT2D eigenvalue weighted by Crippen LogP contribution is 2.25. The molecule has 1 N–H and O–H groups in total. The summed E-state index contributed by atoms with van der Waals surface area (Å²) in [5.41, 5.74) is 3.21. The molecule has 0 aromatic carbocycles. The fraction of sp³-hybridized carbons (Fsp3) is 0.526. The first-order valence-electron chi connectivity index (χ1n) is 9.75. The smallest absolute Gasteiger partial charge is 0.282 e. The van der Waals surface area contributed by atoms with E-state index in [1.807, 2.05) is 45.9 Å². The number of ether oxygens (including phenoxy) is 1. The number of morpholine rings is 1. The normalized spacial score (nSPS) is 18.2. The van der Waals surface area contributed by atoms with Gasteiger partial charge in [0.1, 0.15) is 6.10 Å². The number of nitrogens with one attached hydrogen (secondary N) is 1. The van der Waals surface area contributed by atoms with Crippen LogP contribution in [0.5, 0.6) is 0 Å². The number of hydrogen-bond acceptors (Lipinski definition) is 7. The van der Waals surface area contributed by atoms with E-state index in [9.17, 15) is 8.42 Å². The molecule has 3 rings (SSSR count). The van der Waals surface area contributed by atoms with Crippen LogP contribution in [0.3, 0.4) is 0 Å². The van der Waals surface area contributed by atoms with Crippen molar-refractivity contribution in [2.45, 2.75) is 33.8 Å². The minimum atomic E-state index is -3.49. The Morgan fingerprint density at radius 3 is 2.48 bits per heavy atom. The Balaban J connectivity index is 1.71. The third kappa shape index (κ3) is 5.08. The van der Waals surface area contributed by atoms with Crippen molar-refractivity contribution in [1.29, 1.82) is 0 Å². The van der Waals surface area contributed by atoms with Crippen LogP contribution in [0.2, 0.25) is 0 Å². The van der Waals surface area contributed by atoms with Gasteiger partial charge >= 0.3 is 0 Å². The molecular weight excluding hydrogens is 392 g/mol. The molecule has 0 radical (unpaired) electrons. The summed E-state index contributed by atoms with van der Waals surface area (Å²) in [6.07, 6.45) is 1.28. The van der Waals surface area contributed by atoms with Crippen molar-refractivity contribution < 1.29 is 13.2 Å². The van der Waals surface area contributed by atoms with Gasteiger partial charge < -0.3 is 10.1 Å². The number of aromatic nitrogens is 3. The van der Waals surface area contributed by atoms with Crippen molar-refractivity contribution in [3.05, 3.63) is 41.5 Å². The van der Waals surface area contributed by atoms with Crippen LogP contribution in [-0.4, -0.2) is 64.8 Å². The van der Waals surface area contributed by atoms with E-state index in [0.29, 0.717) is 37.9 Å². The lowest BCUT2D eigenvalue weighted by Gasteiger charge is -2.34. The molecule has 1 aliphatic heterocycles. The highest BCUT2D eigenvalue weighted by molar-refractivity contribution is 7.86. The molecule has 158 valence electrons. The van der Waals surface area contributed by atoms with Crippen LogP contribution in [0.1, 0.15) is 37.0 Å². The van der Waals surface area contributed by atoms with Crippen LogP contribution < -0.4 is 5.32 Å². The molecule has 0 amide bonds. The quantitative estimate of drug-likeness (QED) is 0.733. The van der Waals surface area contributed by atoms with Crippen molar-refractivity contribution in [3.8, 4) is 0 Å². The summed E-state index contributed by atoms with van der Waals surface area (Å²) in [5.74, 6) is 0.516. The van der Waals surface area contributed by atoms with Crippen molar-refractivity contribution >= 4 is 21.8 Å². The van der Waals surface area contributed by atoms with Crippen LogP contribution in [0.4, 0.5) is 11.6 Å². The third-order valence-electron chi connectivity index (χ3n) is 4.74. The van der Waals surface area contributed by atoms with Crippen LogP contribution >= 0.6 is 0 Å². The largest absolute Gasteiger partial charge is 0.369 e. The zero-order valence-corrected chi connectivity index (χ0v) is 18.1. The highest BCUT2D eigenvalue weighted by atomic mass is 32.2. The van der Waals surface area contributed by atoms with E-state index in [2.05, 4.69) is 20.3 Å². The molecule has 0 spiro atoms. The molecular formula is C19H28N6O3S. The molecule has 1 saturated heterocycles. The van der Waals surface area contributed by atoms with E-state index in [1.165, 1.54) is 8.61 Å². The Hall–Kier alpha value is -2.14. The molecule has 1 atom stereocenters. The molecule has 1 unspecified atom stereocenters. The molecule has 1 aliphatic rings.